The summed E-state index contributed by atoms with van der Waals surface area (Å²) in [7, 11) is 0. The molecule has 0 spiro atoms. The lowest BCUT2D eigenvalue weighted by Gasteiger charge is -2.34. The van der Waals surface area contributed by atoms with Gasteiger partial charge in [0.25, 0.3) is 0 Å². The number of rotatable bonds is 23. The lowest BCUT2D eigenvalue weighted by Crippen LogP contribution is -2.40. The van der Waals surface area contributed by atoms with Gasteiger partial charge in [0.1, 0.15) is 0 Å². The number of carbonyl (C=O) groups is 3. The van der Waals surface area contributed by atoms with Gasteiger partial charge < -0.3 is 25.6 Å². The number of carbonyl (C=O) groups excluding carboxylic acids is 3. The summed E-state index contributed by atoms with van der Waals surface area (Å²) < 4.78 is 5.66. The first-order valence-corrected chi connectivity index (χ1v) is 18.8. The average Bonchev–Trinajstić information content (AvgIpc) is 2.89. The molecule has 0 aromatic rings. The van der Waals surface area contributed by atoms with Gasteiger partial charge in [-0.15, -0.1) is 0 Å². The first-order chi connectivity index (χ1) is 21.6. The smallest absolute Gasteiger partial charge is 0.307 e. The van der Waals surface area contributed by atoms with E-state index in [-0.39, 0.29) is 50.3 Å². The van der Waals surface area contributed by atoms with E-state index in [0.29, 0.717) is 58.6 Å². The second-order valence-electron chi connectivity index (χ2n) is 20.1. The van der Waals surface area contributed by atoms with Crippen molar-refractivity contribution in [1.82, 2.24) is 20.9 Å². The summed E-state index contributed by atoms with van der Waals surface area (Å²) in [5, 5.41) is 9.67. The van der Waals surface area contributed by atoms with Gasteiger partial charge in [-0.2, -0.15) is 0 Å². The van der Waals surface area contributed by atoms with Crippen LogP contribution in [0.5, 0.6) is 0 Å². The molecule has 0 radical (unpaired) electrons. The number of nitrogens with zero attached hydrogens (tertiary/aromatic N) is 1. The fraction of sp³-hybridized carbons (Fsp3) is 0.925. The summed E-state index contributed by atoms with van der Waals surface area (Å²) in [6, 6.07) is 0. The van der Waals surface area contributed by atoms with Crippen molar-refractivity contribution in [3.05, 3.63) is 0 Å². The molecule has 0 aliphatic carbocycles. The van der Waals surface area contributed by atoms with Crippen molar-refractivity contribution in [2.45, 2.75) is 155 Å². The molecule has 0 aliphatic heterocycles. The summed E-state index contributed by atoms with van der Waals surface area (Å²) in [6.07, 6.45) is 6.02. The van der Waals surface area contributed by atoms with E-state index in [4.69, 9.17) is 4.74 Å². The molecule has 0 bridgehead atoms. The molecule has 0 saturated carbocycles. The maximum atomic E-state index is 12.8. The van der Waals surface area contributed by atoms with Gasteiger partial charge in [-0.1, -0.05) is 104 Å². The highest BCUT2D eigenvalue weighted by Crippen LogP contribution is 2.36. The Labute approximate surface area is 297 Å². The zero-order chi connectivity index (χ0) is 37.5. The van der Waals surface area contributed by atoms with E-state index < -0.39 is 0 Å². The predicted octanol–water partition coefficient (Wildman–Crippen LogP) is 7.99. The van der Waals surface area contributed by atoms with Crippen LogP contribution in [0.15, 0.2) is 0 Å². The van der Waals surface area contributed by atoms with Crippen molar-refractivity contribution >= 4 is 17.8 Å². The highest BCUT2D eigenvalue weighted by atomic mass is 16.5. The van der Waals surface area contributed by atoms with Crippen molar-refractivity contribution < 1.29 is 19.1 Å². The molecule has 0 aromatic heterocycles. The Hall–Kier alpha value is -1.67. The largest absolute Gasteiger partial charge is 0.465 e. The molecular weight excluding hydrogens is 600 g/mol. The summed E-state index contributed by atoms with van der Waals surface area (Å²) >= 11 is 0. The molecule has 0 aromatic carbocycles. The first-order valence-electron chi connectivity index (χ1n) is 18.8. The van der Waals surface area contributed by atoms with E-state index in [1.165, 1.54) is 0 Å². The number of hydrogen-bond acceptors (Lipinski definition) is 6. The Morgan fingerprint density at radius 1 is 0.583 bits per heavy atom. The number of amides is 2. The first kappa shape index (κ1) is 46.3. The van der Waals surface area contributed by atoms with Gasteiger partial charge in [-0.05, 0) is 72.3 Å². The van der Waals surface area contributed by atoms with Gasteiger partial charge in [0.2, 0.25) is 11.8 Å². The van der Waals surface area contributed by atoms with Crippen molar-refractivity contribution in [2.24, 2.45) is 32.5 Å². The lowest BCUT2D eigenvalue weighted by atomic mass is 9.74. The summed E-state index contributed by atoms with van der Waals surface area (Å²) in [4.78, 5) is 40.3. The topological polar surface area (TPSA) is 99.8 Å². The van der Waals surface area contributed by atoms with Gasteiger partial charge in [0.15, 0.2) is 0 Å². The van der Waals surface area contributed by atoms with Crippen molar-refractivity contribution in [3.8, 4) is 0 Å². The predicted molar refractivity (Wildman–Crippen MR) is 203 cm³/mol. The fourth-order valence-corrected chi connectivity index (χ4v) is 7.33. The molecule has 8 nitrogen and oxygen atoms in total. The van der Waals surface area contributed by atoms with Gasteiger partial charge >= 0.3 is 5.97 Å². The van der Waals surface area contributed by atoms with Crippen LogP contribution in [-0.4, -0.2) is 75.1 Å². The third-order valence-corrected chi connectivity index (χ3v) is 8.58. The minimum Gasteiger partial charge on any atom is -0.465 e. The normalized spacial score (nSPS) is 14.5. The van der Waals surface area contributed by atoms with Crippen LogP contribution in [0.4, 0.5) is 0 Å². The standard InChI is InChI=1S/C40H80N4O4/c1-16-40(15,28-37(8,9)10)31-48-34(47)18-22-41-21-17-23-44(24-19-32(45)42-29-38(11,12)26-35(2,3)4)25-20-33(46)43-30-39(13,14)27-36(5,6)7/h41H,16-31H2,1-15H3,(H,42,45)(H,43,46). The van der Waals surface area contributed by atoms with Crippen LogP contribution >= 0.6 is 0 Å². The zero-order valence-corrected chi connectivity index (χ0v) is 34.4. The number of esters is 1. The van der Waals surface area contributed by atoms with Crippen LogP contribution in [-0.2, 0) is 19.1 Å². The molecule has 284 valence electrons. The number of nitrogens with one attached hydrogen (secondary N) is 3. The summed E-state index contributed by atoms with van der Waals surface area (Å²) in [5.74, 6) is -0.0616. The molecule has 48 heavy (non-hydrogen) atoms. The highest BCUT2D eigenvalue weighted by molar-refractivity contribution is 5.76. The molecule has 3 N–H and O–H groups in total. The van der Waals surface area contributed by atoms with Crippen molar-refractivity contribution in [2.75, 3.05) is 52.4 Å². The molecule has 0 heterocycles. The molecule has 0 saturated heterocycles. The van der Waals surface area contributed by atoms with E-state index in [9.17, 15) is 14.4 Å². The maximum absolute atomic E-state index is 12.8. The van der Waals surface area contributed by atoms with E-state index in [0.717, 1.165) is 45.2 Å². The van der Waals surface area contributed by atoms with Crippen LogP contribution in [0, 0.1) is 32.5 Å². The molecule has 8 heteroatoms. The van der Waals surface area contributed by atoms with Crippen LogP contribution in [0.2, 0.25) is 0 Å². The van der Waals surface area contributed by atoms with Gasteiger partial charge in [-0.25, -0.2) is 0 Å². The Balaban J connectivity index is 4.90. The molecule has 1 atom stereocenters. The summed E-state index contributed by atoms with van der Waals surface area (Å²) in [6.45, 7) is 38.3. The van der Waals surface area contributed by atoms with Crippen LogP contribution in [0.3, 0.4) is 0 Å². The SMILES string of the molecule is CCC(C)(COC(=O)CCNCCCN(CCC(=O)NCC(C)(C)CC(C)(C)C)CCC(=O)NCC(C)(C)CC(C)(C)C)CC(C)(C)C. The minimum atomic E-state index is -0.161. The van der Waals surface area contributed by atoms with Gasteiger partial charge in [0.05, 0.1) is 13.0 Å². The second-order valence-corrected chi connectivity index (χ2v) is 20.1. The molecule has 2 amide bonds. The van der Waals surface area contributed by atoms with Crippen LogP contribution in [0.25, 0.3) is 0 Å². The third kappa shape index (κ3) is 26.2. The monoisotopic (exact) mass is 681 g/mol. The van der Waals surface area contributed by atoms with Crippen molar-refractivity contribution in [3.63, 3.8) is 0 Å². The van der Waals surface area contributed by atoms with Crippen LogP contribution < -0.4 is 16.0 Å². The highest BCUT2D eigenvalue weighted by Gasteiger charge is 2.30. The van der Waals surface area contributed by atoms with E-state index in [1.54, 1.807) is 0 Å². The second kappa shape index (κ2) is 20.2. The van der Waals surface area contributed by atoms with E-state index in [1.807, 2.05) is 0 Å². The maximum Gasteiger partial charge on any atom is 0.307 e. The Morgan fingerprint density at radius 2 is 1.02 bits per heavy atom. The Morgan fingerprint density at radius 3 is 1.42 bits per heavy atom. The molecule has 0 rings (SSSR count). The number of hydrogen-bond donors (Lipinski definition) is 3. The molecule has 1 unspecified atom stereocenters. The van der Waals surface area contributed by atoms with E-state index in [2.05, 4.69) is 125 Å². The summed E-state index contributed by atoms with van der Waals surface area (Å²) in [5.41, 5.74) is 0.615. The van der Waals surface area contributed by atoms with Crippen molar-refractivity contribution in [1.29, 1.82) is 0 Å². The molecule has 0 aliphatic rings. The van der Waals surface area contributed by atoms with Gasteiger partial charge in [-0.3, -0.25) is 14.4 Å². The Bertz CT molecular complexity index is 908. The third-order valence-electron chi connectivity index (χ3n) is 8.58. The zero-order valence-electron chi connectivity index (χ0n) is 34.4. The molecular formula is C40H80N4O4. The minimum absolute atomic E-state index is 0.0101. The lowest BCUT2D eigenvalue weighted by molar-refractivity contribution is -0.147. The van der Waals surface area contributed by atoms with Crippen LogP contribution in [0.1, 0.15) is 155 Å². The average molecular weight is 681 g/mol. The van der Waals surface area contributed by atoms with E-state index >= 15 is 0 Å². The quantitative estimate of drug-likeness (QED) is 0.0748. The molecule has 0 fully saturated rings. The fourth-order valence-electron chi connectivity index (χ4n) is 7.33. The van der Waals surface area contributed by atoms with Gasteiger partial charge in [0, 0.05) is 51.0 Å². The Kier molecular flexibility index (Phi) is 19.5. The number of ether oxygens (including phenoxy) is 1.